The molecule has 0 N–H and O–H groups in total. The third-order valence-corrected chi connectivity index (χ3v) is 14.5. The van der Waals surface area contributed by atoms with Crippen molar-refractivity contribution in [3.05, 3.63) is 50.6 Å². The summed E-state index contributed by atoms with van der Waals surface area (Å²) >= 11 is 1.81. The van der Waals surface area contributed by atoms with Crippen LogP contribution >= 0.6 is 11.3 Å². The van der Waals surface area contributed by atoms with Crippen molar-refractivity contribution < 1.29 is 18.7 Å². The molecule has 0 saturated heterocycles. The molecule has 2 atom stereocenters. The Morgan fingerprint density at radius 3 is 2.51 bits per heavy atom. The molecule has 2 aromatic heterocycles. The van der Waals surface area contributed by atoms with E-state index >= 15 is 0 Å². The van der Waals surface area contributed by atoms with Crippen molar-refractivity contribution in [1.29, 1.82) is 0 Å². The zero-order chi connectivity index (χ0) is 28.3. The molecule has 5 rings (SSSR count). The lowest BCUT2D eigenvalue weighted by Crippen LogP contribution is -2.43. The van der Waals surface area contributed by atoms with E-state index in [0.29, 0.717) is 17.1 Å². The molecule has 1 fully saturated rings. The topological polar surface area (TPSA) is 66.8 Å². The number of aryl methyl sites for hydroxylation is 1. The Morgan fingerprint density at radius 1 is 1.18 bits per heavy atom. The van der Waals surface area contributed by atoms with Crippen molar-refractivity contribution in [2.75, 3.05) is 13.7 Å². The number of ether oxygens (including phenoxy) is 2. The van der Waals surface area contributed by atoms with Crippen LogP contribution < -0.4 is 10.2 Å². The van der Waals surface area contributed by atoms with Crippen LogP contribution in [0.5, 0.6) is 5.75 Å². The molecule has 0 aliphatic heterocycles. The molecule has 0 radical (unpaired) electrons. The number of hydrogen-bond donors (Lipinski definition) is 0. The summed E-state index contributed by atoms with van der Waals surface area (Å²) < 4.78 is 20.3. The fourth-order valence-electron chi connectivity index (χ4n) is 5.32. The molecule has 3 aromatic rings. The van der Waals surface area contributed by atoms with Crippen molar-refractivity contribution in [3.63, 3.8) is 0 Å². The molecule has 2 heterocycles. The van der Waals surface area contributed by atoms with Gasteiger partial charge >= 0.3 is 5.97 Å². The number of esters is 1. The summed E-state index contributed by atoms with van der Waals surface area (Å²) in [4.78, 5) is 28.5. The lowest BCUT2D eigenvalue weighted by Gasteiger charge is -2.42. The van der Waals surface area contributed by atoms with Crippen molar-refractivity contribution in [2.24, 2.45) is 5.92 Å². The van der Waals surface area contributed by atoms with Crippen LogP contribution in [0.2, 0.25) is 18.1 Å². The summed E-state index contributed by atoms with van der Waals surface area (Å²) in [5.41, 5.74) is 2.80. The number of nitrogens with zero attached hydrogens (tertiary/aromatic N) is 1. The summed E-state index contributed by atoms with van der Waals surface area (Å²) in [6.07, 6.45) is 5.93. The fraction of sp³-hybridized carbons (Fsp3) is 0.548. The monoisotopic (exact) mass is 567 g/mol. The van der Waals surface area contributed by atoms with E-state index in [4.69, 9.17) is 13.9 Å². The van der Waals surface area contributed by atoms with Gasteiger partial charge in [-0.3, -0.25) is 4.79 Å². The van der Waals surface area contributed by atoms with E-state index in [2.05, 4.69) is 51.4 Å². The van der Waals surface area contributed by atoms with Crippen molar-refractivity contribution in [2.45, 2.75) is 90.6 Å². The summed E-state index contributed by atoms with van der Waals surface area (Å²) in [5, 5.41) is 0.627. The Labute approximate surface area is 236 Å². The Balaban J connectivity index is 1.64. The predicted octanol–water partition coefficient (Wildman–Crippen LogP) is 7.90. The Bertz CT molecular complexity index is 1480. The first-order valence-corrected chi connectivity index (χ1v) is 17.8. The molecule has 1 saturated carbocycles. The van der Waals surface area contributed by atoms with Gasteiger partial charge in [0.15, 0.2) is 14.1 Å². The van der Waals surface area contributed by atoms with Gasteiger partial charge in [-0.1, -0.05) is 27.7 Å². The molecule has 2 aliphatic rings. The fourth-order valence-corrected chi connectivity index (χ4v) is 7.90. The molecule has 2 unspecified atom stereocenters. The number of benzene rings is 1. The van der Waals surface area contributed by atoms with Gasteiger partial charge in [0.2, 0.25) is 5.43 Å². The van der Waals surface area contributed by atoms with E-state index < -0.39 is 14.3 Å². The normalized spacial score (nSPS) is 19.7. The number of rotatable bonds is 7. The van der Waals surface area contributed by atoms with E-state index in [1.165, 1.54) is 10.4 Å². The van der Waals surface area contributed by atoms with Crippen LogP contribution in [0, 0.1) is 5.92 Å². The SMILES string of the molecule is CCOC(=O)c1cn(C2CC2)c2c(OC)c(-c3cc4c(s3)CCC(C)C4O[Si](C)(C)C(C)(C)C)ccc2c1=O. The minimum absolute atomic E-state index is 0.0808. The minimum Gasteiger partial charge on any atom is -0.494 e. The molecule has 210 valence electrons. The number of thiophene rings is 1. The molecular weight excluding hydrogens is 526 g/mol. The van der Waals surface area contributed by atoms with E-state index in [9.17, 15) is 9.59 Å². The summed E-state index contributed by atoms with van der Waals surface area (Å²) in [6, 6.07) is 6.36. The van der Waals surface area contributed by atoms with E-state index in [1.807, 2.05) is 23.5 Å². The highest BCUT2D eigenvalue weighted by atomic mass is 32.1. The first kappa shape index (κ1) is 28.1. The van der Waals surface area contributed by atoms with Gasteiger partial charge in [-0.2, -0.15) is 0 Å². The predicted molar refractivity (Wildman–Crippen MR) is 161 cm³/mol. The van der Waals surface area contributed by atoms with Crippen LogP contribution in [0.1, 0.15) is 86.8 Å². The maximum Gasteiger partial charge on any atom is 0.343 e. The van der Waals surface area contributed by atoms with Gasteiger partial charge in [0.1, 0.15) is 5.56 Å². The van der Waals surface area contributed by atoms with Crippen LogP contribution in [-0.4, -0.2) is 32.6 Å². The Morgan fingerprint density at radius 2 is 1.90 bits per heavy atom. The second-order valence-electron chi connectivity index (χ2n) is 12.6. The molecule has 2 aliphatic carbocycles. The second kappa shape index (κ2) is 10.2. The van der Waals surface area contributed by atoms with Crippen LogP contribution in [-0.2, 0) is 15.6 Å². The van der Waals surface area contributed by atoms with Crippen molar-refractivity contribution in [1.82, 2.24) is 4.57 Å². The lowest BCUT2D eigenvalue weighted by molar-refractivity contribution is 0.0524. The maximum absolute atomic E-state index is 13.4. The van der Waals surface area contributed by atoms with Gasteiger partial charge in [-0.15, -0.1) is 11.3 Å². The average Bonchev–Trinajstić information content (AvgIpc) is 3.62. The van der Waals surface area contributed by atoms with Crippen molar-refractivity contribution in [3.8, 4) is 16.2 Å². The minimum atomic E-state index is -1.96. The number of fused-ring (bicyclic) bond motifs is 2. The number of carbonyl (C=O) groups excluding carboxylic acids is 1. The first-order chi connectivity index (χ1) is 18.4. The molecule has 0 bridgehead atoms. The lowest BCUT2D eigenvalue weighted by atomic mass is 9.87. The Kier molecular flexibility index (Phi) is 7.35. The zero-order valence-electron chi connectivity index (χ0n) is 24.5. The quantitative estimate of drug-likeness (QED) is 0.214. The molecular formula is C31H41NO5SSi. The van der Waals surface area contributed by atoms with Crippen LogP contribution in [0.25, 0.3) is 21.3 Å². The van der Waals surface area contributed by atoms with Gasteiger partial charge in [0.25, 0.3) is 0 Å². The number of hydrogen-bond acceptors (Lipinski definition) is 6. The molecule has 6 nitrogen and oxygen atoms in total. The highest BCUT2D eigenvalue weighted by Crippen LogP contribution is 2.50. The summed E-state index contributed by atoms with van der Waals surface area (Å²) in [7, 11) is -0.298. The highest BCUT2D eigenvalue weighted by Gasteiger charge is 2.42. The van der Waals surface area contributed by atoms with Gasteiger partial charge < -0.3 is 18.5 Å². The third-order valence-electron chi connectivity index (χ3n) is 8.77. The van der Waals surface area contributed by atoms with E-state index in [1.54, 1.807) is 20.2 Å². The molecule has 8 heteroatoms. The van der Waals surface area contributed by atoms with Crippen LogP contribution in [0.15, 0.2) is 29.2 Å². The van der Waals surface area contributed by atoms with Gasteiger partial charge in [0.05, 0.1) is 30.7 Å². The highest BCUT2D eigenvalue weighted by molar-refractivity contribution is 7.15. The van der Waals surface area contributed by atoms with Crippen molar-refractivity contribution >= 4 is 36.5 Å². The van der Waals surface area contributed by atoms with Gasteiger partial charge in [-0.05, 0) is 80.4 Å². The smallest absolute Gasteiger partial charge is 0.343 e. The zero-order valence-corrected chi connectivity index (χ0v) is 26.3. The number of aromatic nitrogens is 1. The Hall–Kier alpha value is -2.42. The van der Waals surface area contributed by atoms with E-state index in [0.717, 1.165) is 41.6 Å². The summed E-state index contributed by atoms with van der Waals surface area (Å²) in [6.45, 7) is 15.8. The molecule has 1 aromatic carbocycles. The number of pyridine rings is 1. The van der Waals surface area contributed by atoms with Crippen LogP contribution in [0.3, 0.4) is 0 Å². The number of carbonyl (C=O) groups is 1. The van der Waals surface area contributed by atoms with Gasteiger partial charge in [-0.25, -0.2) is 4.79 Å². The maximum atomic E-state index is 13.4. The molecule has 39 heavy (non-hydrogen) atoms. The molecule has 0 amide bonds. The first-order valence-electron chi connectivity index (χ1n) is 14.1. The number of methoxy groups -OCH3 is 1. The largest absolute Gasteiger partial charge is 0.494 e. The standard InChI is InChI=1S/C31H41NO5SSi/c1-9-36-30(34)23-17-32(19-11-12-19)26-21(27(23)33)14-13-20(29(26)35-6)25-16-22-24(38-25)15-10-18(2)28(22)37-39(7,8)31(3,4)5/h13-14,16-19,28H,9-12,15H2,1-8H3. The third kappa shape index (κ3) is 5.00. The second-order valence-corrected chi connectivity index (χ2v) is 18.5. The average molecular weight is 568 g/mol. The van der Waals surface area contributed by atoms with Crippen LogP contribution in [0.4, 0.5) is 0 Å². The molecule has 0 spiro atoms. The van der Waals surface area contributed by atoms with Gasteiger partial charge in [0, 0.05) is 27.6 Å². The summed E-state index contributed by atoms with van der Waals surface area (Å²) in [5.74, 6) is 0.559. The van der Waals surface area contributed by atoms with E-state index in [-0.39, 0.29) is 34.8 Å².